The fourth-order valence-corrected chi connectivity index (χ4v) is 0.845. The smallest absolute Gasteiger partial charge is 0.248 e. The second-order valence-electron chi connectivity index (χ2n) is 2.29. The monoisotopic (exact) mass is 166 g/mol. The summed E-state index contributed by atoms with van der Waals surface area (Å²) in [5.74, 6) is 0. The molecule has 0 bridgehead atoms. The van der Waals surface area contributed by atoms with Crippen LogP contribution in [0.15, 0.2) is 28.1 Å². The molecule has 1 heterocycles. The van der Waals surface area contributed by atoms with Crippen LogP contribution in [0.4, 0.5) is 0 Å². The van der Waals surface area contributed by atoms with Gasteiger partial charge in [0.2, 0.25) is 5.56 Å². The van der Waals surface area contributed by atoms with Crippen molar-refractivity contribution in [2.24, 2.45) is 5.16 Å². The zero-order valence-electron chi connectivity index (χ0n) is 7.00. The number of H-pyrrole nitrogens is 1. The molecule has 0 radical (unpaired) electrons. The van der Waals surface area contributed by atoms with E-state index in [0.29, 0.717) is 11.4 Å². The summed E-state index contributed by atoms with van der Waals surface area (Å²) in [7, 11) is 1.46. The lowest BCUT2D eigenvalue weighted by atomic mass is 10.3. The average Bonchev–Trinajstić information content (AvgIpc) is 2.05. The topological polar surface area (TPSA) is 54.4 Å². The molecule has 12 heavy (non-hydrogen) atoms. The van der Waals surface area contributed by atoms with Gasteiger partial charge in [-0.3, -0.25) is 4.79 Å². The van der Waals surface area contributed by atoms with Crippen LogP contribution in [-0.2, 0) is 4.84 Å². The lowest BCUT2D eigenvalue weighted by Crippen LogP contribution is -2.09. The van der Waals surface area contributed by atoms with E-state index in [1.54, 1.807) is 19.1 Å². The van der Waals surface area contributed by atoms with E-state index < -0.39 is 0 Å². The first-order valence-corrected chi connectivity index (χ1v) is 3.51. The molecule has 1 N–H and O–H groups in total. The minimum atomic E-state index is -0.141. The van der Waals surface area contributed by atoms with Gasteiger partial charge in [-0.05, 0) is 13.0 Å². The van der Waals surface area contributed by atoms with E-state index in [1.165, 1.54) is 13.2 Å². The molecule has 0 aromatic carbocycles. The first kappa shape index (κ1) is 8.52. The molecule has 4 heteroatoms. The lowest BCUT2D eigenvalue weighted by Gasteiger charge is -1.97. The van der Waals surface area contributed by atoms with Gasteiger partial charge >= 0.3 is 0 Å². The molecule has 0 atom stereocenters. The Labute approximate surface area is 69.9 Å². The zero-order valence-corrected chi connectivity index (χ0v) is 7.00. The zero-order chi connectivity index (χ0) is 8.97. The lowest BCUT2D eigenvalue weighted by molar-refractivity contribution is 0.213. The molecule has 0 saturated carbocycles. The maximum atomic E-state index is 10.8. The van der Waals surface area contributed by atoms with Crippen molar-refractivity contribution < 1.29 is 4.84 Å². The number of pyridine rings is 1. The highest BCUT2D eigenvalue weighted by atomic mass is 16.6. The normalized spacial score (nSPS) is 11.3. The quantitative estimate of drug-likeness (QED) is 0.520. The van der Waals surface area contributed by atoms with Crippen LogP contribution >= 0.6 is 0 Å². The van der Waals surface area contributed by atoms with Crippen LogP contribution in [0.3, 0.4) is 0 Å². The number of rotatable bonds is 2. The Morgan fingerprint density at radius 3 is 2.92 bits per heavy atom. The molecule has 4 nitrogen and oxygen atoms in total. The third-order valence-corrected chi connectivity index (χ3v) is 1.39. The van der Waals surface area contributed by atoms with E-state index in [9.17, 15) is 4.79 Å². The molecular formula is C8H10N2O2. The summed E-state index contributed by atoms with van der Waals surface area (Å²) >= 11 is 0. The number of aromatic amines is 1. The van der Waals surface area contributed by atoms with E-state index in [4.69, 9.17) is 0 Å². The molecular weight excluding hydrogens is 156 g/mol. The van der Waals surface area contributed by atoms with E-state index in [1.807, 2.05) is 0 Å². The van der Waals surface area contributed by atoms with Crippen molar-refractivity contribution in [2.45, 2.75) is 6.92 Å². The van der Waals surface area contributed by atoms with Crippen LogP contribution in [0.25, 0.3) is 0 Å². The molecule has 64 valence electrons. The molecule has 0 fully saturated rings. The second-order valence-corrected chi connectivity index (χ2v) is 2.29. The molecule has 1 rings (SSSR count). The van der Waals surface area contributed by atoms with E-state index in [2.05, 4.69) is 15.0 Å². The molecule has 0 aliphatic rings. The first-order chi connectivity index (χ1) is 5.74. The van der Waals surface area contributed by atoms with E-state index in [0.717, 1.165) is 0 Å². The van der Waals surface area contributed by atoms with Gasteiger partial charge in [0.05, 0.1) is 5.69 Å². The maximum Gasteiger partial charge on any atom is 0.248 e. The summed E-state index contributed by atoms with van der Waals surface area (Å²) in [6.45, 7) is 1.76. The Kier molecular flexibility index (Phi) is 2.63. The Hall–Kier alpha value is -1.58. The molecule has 0 spiro atoms. The van der Waals surface area contributed by atoms with Crippen molar-refractivity contribution in [1.82, 2.24) is 4.98 Å². The number of hydrogen-bond donors (Lipinski definition) is 1. The Balaban J connectivity index is 3.03. The van der Waals surface area contributed by atoms with Crippen LogP contribution in [0.5, 0.6) is 0 Å². The van der Waals surface area contributed by atoms with Gasteiger partial charge in [0, 0.05) is 6.07 Å². The largest absolute Gasteiger partial charge is 0.399 e. The summed E-state index contributed by atoms with van der Waals surface area (Å²) < 4.78 is 0. The van der Waals surface area contributed by atoms with Gasteiger partial charge in [-0.15, -0.1) is 0 Å². The number of oxime groups is 1. The third kappa shape index (κ3) is 1.95. The number of nitrogens with zero attached hydrogens (tertiary/aromatic N) is 1. The minimum Gasteiger partial charge on any atom is -0.399 e. The predicted molar refractivity (Wildman–Crippen MR) is 46.3 cm³/mol. The number of hydrogen-bond acceptors (Lipinski definition) is 3. The van der Waals surface area contributed by atoms with Crippen molar-refractivity contribution >= 4 is 5.71 Å². The van der Waals surface area contributed by atoms with Gasteiger partial charge in [0.25, 0.3) is 0 Å². The van der Waals surface area contributed by atoms with Crippen LogP contribution in [0.2, 0.25) is 0 Å². The van der Waals surface area contributed by atoms with E-state index in [-0.39, 0.29) is 5.56 Å². The van der Waals surface area contributed by atoms with Gasteiger partial charge in [-0.2, -0.15) is 0 Å². The Morgan fingerprint density at radius 2 is 2.33 bits per heavy atom. The van der Waals surface area contributed by atoms with Crippen LogP contribution in [0.1, 0.15) is 12.6 Å². The molecule has 0 aliphatic carbocycles. The molecule has 0 aliphatic heterocycles. The molecule has 0 saturated heterocycles. The van der Waals surface area contributed by atoms with Gasteiger partial charge in [0.1, 0.15) is 12.8 Å². The summed E-state index contributed by atoms with van der Waals surface area (Å²) in [6.07, 6.45) is 0. The van der Waals surface area contributed by atoms with Crippen molar-refractivity contribution in [3.05, 3.63) is 34.2 Å². The average molecular weight is 166 g/mol. The summed E-state index contributed by atoms with van der Waals surface area (Å²) in [5, 5.41) is 3.68. The van der Waals surface area contributed by atoms with Crippen LogP contribution < -0.4 is 5.56 Å². The summed E-state index contributed by atoms with van der Waals surface area (Å²) in [4.78, 5) is 18.0. The fraction of sp³-hybridized carbons (Fsp3) is 0.250. The number of aromatic nitrogens is 1. The van der Waals surface area contributed by atoms with Crippen molar-refractivity contribution in [2.75, 3.05) is 7.11 Å². The van der Waals surface area contributed by atoms with Crippen LogP contribution in [0, 0.1) is 0 Å². The molecule has 1 aromatic heterocycles. The third-order valence-electron chi connectivity index (χ3n) is 1.39. The highest BCUT2D eigenvalue weighted by Crippen LogP contribution is 1.93. The predicted octanol–water partition coefficient (Wildman–Crippen LogP) is 0.745. The van der Waals surface area contributed by atoms with E-state index >= 15 is 0 Å². The number of nitrogens with one attached hydrogen (secondary N) is 1. The van der Waals surface area contributed by atoms with Gasteiger partial charge in [-0.1, -0.05) is 11.2 Å². The van der Waals surface area contributed by atoms with Crippen molar-refractivity contribution in [3.63, 3.8) is 0 Å². The Morgan fingerprint density at radius 1 is 1.58 bits per heavy atom. The van der Waals surface area contributed by atoms with Gasteiger partial charge in [0.15, 0.2) is 0 Å². The van der Waals surface area contributed by atoms with Crippen molar-refractivity contribution in [3.8, 4) is 0 Å². The standard InChI is InChI=1S/C8H10N2O2/c1-6(10-12-2)7-4-3-5-8(11)9-7/h3-5H,1-2H3,(H,9,11). The van der Waals surface area contributed by atoms with Gasteiger partial charge < -0.3 is 9.82 Å². The first-order valence-electron chi connectivity index (χ1n) is 3.51. The summed E-state index contributed by atoms with van der Waals surface area (Å²) in [6, 6.07) is 4.88. The minimum absolute atomic E-state index is 0.141. The molecule has 0 unspecified atom stereocenters. The maximum absolute atomic E-state index is 10.8. The second kappa shape index (κ2) is 3.71. The highest BCUT2D eigenvalue weighted by Gasteiger charge is 1.96. The van der Waals surface area contributed by atoms with Crippen molar-refractivity contribution in [1.29, 1.82) is 0 Å². The Bertz CT molecular complexity index is 341. The highest BCUT2D eigenvalue weighted by molar-refractivity contribution is 5.96. The SMILES string of the molecule is CON=C(C)c1cccc(=O)[nH]1. The molecule has 0 amide bonds. The molecule has 1 aromatic rings. The van der Waals surface area contributed by atoms with Gasteiger partial charge in [-0.25, -0.2) is 0 Å². The fourth-order valence-electron chi connectivity index (χ4n) is 0.845. The summed E-state index contributed by atoms with van der Waals surface area (Å²) in [5.41, 5.74) is 1.18. The van der Waals surface area contributed by atoms with Crippen LogP contribution in [-0.4, -0.2) is 17.8 Å².